The van der Waals surface area contributed by atoms with Crippen LogP contribution in [0.15, 0.2) is 510 Å². The van der Waals surface area contributed by atoms with E-state index in [1.807, 2.05) is 0 Å². The molecule has 0 bridgehead atoms. The first-order chi connectivity index (χ1) is 67.4. The summed E-state index contributed by atoms with van der Waals surface area (Å²) in [4.78, 5) is 0. The molecule has 0 aliphatic rings. The smallest absolute Gasteiger partial charge is 0.0541 e. The Kier molecular flexibility index (Phi) is 18.2. The fraction of sp³-hybridized carbons (Fsp3) is 0. The van der Waals surface area contributed by atoms with Crippen molar-refractivity contribution in [1.82, 2.24) is 27.4 Å². The molecule has 0 fully saturated rings. The Morgan fingerprint density at radius 2 is 0.257 bits per heavy atom. The Hall–Kier alpha value is -18.1. The summed E-state index contributed by atoms with van der Waals surface area (Å²) < 4.78 is 14.3. The van der Waals surface area contributed by atoms with Gasteiger partial charge in [-0.1, -0.05) is 322 Å². The van der Waals surface area contributed by atoms with Gasteiger partial charge in [-0.3, -0.25) is 0 Å². The van der Waals surface area contributed by atoms with Crippen LogP contribution in [0.1, 0.15) is 0 Å². The molecule has 29 aromatic rings. The molecule has 6 nitrogen and oxygen atoms in total. The van der Waals surface area contributed by atoms with Crippen molar-refractivity contribution < 1.29 is 0 Å². The van der Waals surface area contributed by atoms with E-state index in [-0.39, 0.29) is 0 Å². The summed E-state index contributed by atoms with van der Waals surface area (Å²) in [7, 11) is 0. The zero-order chi connectivity index (χ0) is 89.4. The van der Waals surface area contributed by atoms with Crippen LogP contribution in [0.5, 0.6) is 0 Å². The lowest BCUT2D eigenvalue weighted by Gasteiger charge is -2.10. The molecule has 0 saturated heterocycles. The average Bonchev–Trinajstić information content (AvgIpc) is 1.59. The maximum absolute atomic E-state index is 2.40. The summed E-state index contributed by atoms with van der Waals surface area (Å²) in [6.45, 7) is 0. The van der Waals surface area contributed by atoms with Crippen molar-refractivity contribution in [1.29, 1.82) is 0 Å². The second kappa shape index (κ2) is 31.9. The molecule has 6 heteroatoms. The molecule has 23 aromatic carbocycles. The Morgan fingerprint density at radius 1 is 0.0882 bits per heavy atom. The first kappa shape index (κ1) is 77.8. The molecule has 0 N–H and O–H groups in total. The van der Waals surface area contributed by atoms with Gasteiger partial charge in [0.1, 0.15) is 0 Å². The Bertz CT molecular complexity index is 9690. The van der Waals surface area contributed by atoms with Crippen LogP contribution in [-0.2, 0) is 0 Å². The topological polar surface area (TPSA) is 29.6 Å². The molecule has 0 unspecified atom stereocenters. The van der Waals surface area contributed by atoms with Crippen molar-refractivity contribution in [3.63, 3.8) is 0 Å². The number of aromatic nitrogens is 6. The van der Waals surface area contributed by atoms with E-state index < -0.39 is 0 Å². The van der Waals surface area contributed by atoms with E-state index in [0.29, 0.717) is 0 Å². The summed E-state index contributed by atoms with van der Waals surface area (Å²) in [5, 5.41) is 25.2. The molecule has 0 atom stereocenters. The third-order valence-electron chi connectivity index (χ3n) is 28.2. The Morgan fingerprint density at radius 3 is 0.522 bits per heavy atom. The van der Waals surface area contributed by atoms with Crippen LogP contribution in [0.2, 0.25) is 0 Å². The first-order valence-corrected chi connectivity index (χ1v) is 46.8. The van der Waals surface area contributed by atoms with Gasteiger partial charge in [-0.25, -0.2) is 0 Å². The minimum absolute atomic E-state index is 1.16. The summed E-state index contributed by atoms with van der Waals surface area (Å²) in [5.41, 5.74) is 31.5. The van der Waals surface area contributed by atoms with Gasteiger partial charge in [0.15, 0.2) is 0 Å². The van der Waals surface area contributed by atoms with E-state index in [2.05, 4.69) is 537 Å². The van der Waals surface area contributed by atoms with Crippen molar-refractivity contribution in [2.45, 2.75) is 0 Å². The quantitative estimate of drug-likeness (QED) is 0.131. The van der Waals surface area contributed by atoms with Gasteiger partial charge in [-0.05, 0) is 276 Å². The molecule has 0 spiro atoms. The molecule has 136 heavy (non-hydrogen) atoms. The lowest BCUT2D eigenvalue weighted by Crippen LogP contribution is -1.94. The van der Waals surface area contributed by atoms with Gasteiger partial charge in [0, 0.05) is 98.8 Å². The van der Waals surface area contributed by atoms with E-state index in [4.69, 9.17) is 0 Å². The van der Waals surface area contributed by atoms with Crippen LogP contribution in [0, 0.1) is 0 Å². The monoisotopic (exact) mass is 1730 g/mol. The highest BCUT2D eigenvalue weighted by atomic mass is 15.0. The largest absolute Gasteiger partial charge is 0.309 e. The highest BCUT2D eigenvalue weighted by Gasteiger charge is 2.23. The Balaban J connectivity index is 0.000000104. The number of hydrogen-bond donors (Lipinski definition) is 0. The predicted molar refractivity (Wildman–Crippen MR) is 577 cm³/mol. The van der Waals surface area contributed by atoms with Gasteiger partial charge in [-0.15, -0.1) is 0 Å². The van der Waals surface area contributed by atoms with Crippen LogP contribution < -0.4 is 0 Å². The summed E-state index contributed by atoms with van der Waals surface area (Å²) >= 11 is 0. The maximum atomic E-state index is 2.40. The molecular formula is C130H84N6. The average molecular weight is 1730 g/mol. The van der Waals surface area contributed by atoms with Gasteiger partial charge < -0.3 is 27.4 Å². The first-order valence-electron chi connectivity index (χ1n) is 46.8. The molecule has 634 valence electrons. The Labute approximate surface area is 784 Å². The third kappa shape index (κ3) is 12.9. The highest BCUT2D eigenvalue weighted by Crippen LogP contribution is 2.45. The summed E-state index contributed by atoms with van der Waals surface area (Å²) in [6.07, 6.45) is 0. The SMILES string of the molecule is c1ccc(-n2c3ccccc3c3cc(-c4ccc5c(c4)c4ccccc4n5-c4ccc(-c5ccc6ccccc6c5)cc4)ccc32)cc1.c1ccc(-n2c3ccccc3c3cc(-c4ccc5c(c4)c4ccccc4n5-c4ccc5ccccc5c4)ccc32)cc1.c1ccc2cc(-n3c4ccccc4c4cc(-c5ccc6c(c5)c5ccccc5n6-c5ccc6ccccc6c5)ccc43)ccc2c1. The van der Waals surface area contributed by atoms with Crippen LogP contribution >= 0.6 is 0 Å². The van der Waals surface area contributed by atoms with E-state index in [1.54, 1.807) is 0 Å². The number of rotatable bonds is 10. The zero-order valence-electron chi connectivity index (χ0n) is 74.2. The van der Waals surface area contributed by atoms with Crippen molar-refractivity contribution in [2.24, 2.45) is 0 Å². The van der Waals surface area contributed by atoms with Gasteiger partial charge >= 0.3 is 0 Å². The van der Waals surface area contributed by atoms with E-state index in [0.717, 1.165) is 5.69 Å². The number of fused-ring (bicyclic) bond motifs is 22. The minimum Gasteiger partial charge on any atom is -0.309 e. The van der Waals surface area contributed by atoms with Crippen molar-refractivity contribution in [2.75, 3.05) is 0 Å². The number of para-hydroxylation sites is 8. The number of hydrogen-bond acceptors (Lipinski definition) is 0. The lowest BCUT2D eigenvalue weighted by atomic mass is 10.0. The molecule has 0 saturated carbocycles. The molecule has 29 rings (SSSR count). The predicted octanol–water partition coefficient (Wildman–Crippen LogP) is 34.9. The zero-order valence-corrected chi connectivity index (χ0v) is 74.2. The number of benzene rings is 23. The molecule has 6 aromatic heterocycles. The second-order valence-corrected chi connectivity index (χ2v) is 35.9. The van der Waals surface area contributed by atoms with Crippen LogP contribution in [0.25, 0.3) is 253 Å². The van der Waals surface area contributed by atoms with Gasteiger partial charge in [0.05, 0.1) is 66.2 Å². The molecule has 0 aliphatic carbocycles. The summed E-state index contributed by atoms with van der Waals surface area (Å²) in [5.74, 6) is 0. The van der Waals surface area contributed by atoms with Gasteiger partial charge in [0.2, 0.25) is 0 Å². The van der Waals surface area contributed by atoms with E-state index in [1.165, 1.54) is 247 Å². The second-order valence-electron chi connectivity index (χ2n) is 35.9. The fourth-order valence-electron chi connectivity index (χ4n) is 21.9. The van der Waals surface area contributed by atoms with Gasteiger partial charge in [0.25, 0.3) is 0 Å². The minimum atomic E-state index is 1.16. The van der Waals surface area contributed by atoms with Crippen LogP contribution in [0.3, 0.4) is 0 Å². The molecule has 0 radical (unpaired) electrons. The fourth-order valence-corrected chi connectivity index (χ4v) is 21.9. The molecule has 6 heterocycles. The van der Waals surface area contributed by atoms with E-state index in [9.17, 15) is 0 Å². The van der Waals surface area contributed by atoms with Crippen LogP contribution in [0.4, 0.5) is 0 Å². The summed E-state index contributed by atoms with van der Waals surface area (Å²) in [6, 6.07) is 186. The third-order valence-corrected chi connectivity index (χ3v) is 28.2. The molecule has 0 aliphatic heterocycles. The highest BCUT2D eigenvalue weighted by molar-refractivity contribution is 6.18. The van der Waals surface area contributed by atoms with Crippen molar-refractivity contribution >= 4 is 174 Å². The van der Waals surface area contributed by atoms with Crippen molar-refractivity contribution in [3.05, 3.63) is 510 Å². The molecular weight excluding hydrogens is 1650 g/mol. The lowest BCUT2D eigenvalue weighted by molar-refractivity contribution is 1.18. The van der Waals surface area contributed by atoms with Crippen molar-refractivity contribution in [3.8, 4) is 78.6 Å². The maximum Gasteiger partial charge on any atom is 0.0541 e. The van der Waals surface area contributed by atoms with E-state index >= 15 is 0 Å². The normalized spacial score (nSPS) is 11.8. The van der Waals surface area contributed by atoms with Crippen LogP contribution in [-0.4, -0.2) is 27.4 Å². The molecule has 0 amide bonds. The number of nitrogens with zero attached hydrogens (tertiary/aromatic N) is 6. The van der Waals surface area contributed by atoms with Gasteiger partial charge in [-0.2, -0.15) is 0 Å². The standard InChI is InChI=1S/C46H30N2.C44H28N2.C40H26N2/c1-2-12-37(13-3-1)47-43-16-8-6-14-39(43)41-29-35(22-26-45(41)47)36-23-27-46-42(30-36)40-15-7-9-17-44(40)48(46)38-24-20-32(21-25-38)34-19-18-31-10-4-5-11-33(31)28-34;1-3-11-31-25-35(21-17-29(31)9-1)45-41-15-7-5-13-37(41)39-27-33(19-23-43(39)45)34-20-24-44-40(28-34)38-14-6-8-16-42(38)46(44)36-22-18-30-10-2-4-12-32(30)26-36;1-2-12-31(13-3-1)41-37-16-8-6-14-33(37)35-25-29(19-22-39(35)41)30-20-23-40-36(26-30)34-15-7-9-17-38(34)42(40)32-21-18-27-10-4-5-11-28(27)24-32/h1-30H;1-28H;1-26H.